The molecule has 0 saturated carbocycles. The smallest absolute Gasteiger partial charge is 0.319 e. The fraction of sp³-hybridized carbons (Fsp3) is 0.688. The minimum atomic E-state index is -0.146. The van der Waals surface area contributed by atoms with Crippen LogP contribution < -0.4 is 0 Å². The van der Waals surface area contributed by atoms with Crippen molar-refractivity contribution in [2.75, 3.05) is 12.4 Å². The van der Waals surface area contributed by atoms with Gasteiger partial charge < -0.3 is 9.15 Å². The van der Waals surface area contributed by atoms with Gasteiger partial charge in [-0.3, -0.25) is 4.79 Å². The van der Waals surface area contributed by atoms with Crippen molar-refractivity contribution < 1.29 is 13.9 Å². The lowest BCUT2D eigenvalue weighted by atomic mass is 10.2. The van der Waals surface area contributed by atoms with E-state index in [0.717, 1.165) is 11.5 Å². The van der Waals surface area contributed by atoms with E-state index in [1.165, 1.54) is 32.1 Å². The standard InChI is InChI=1S/C16H26O3S/c1-3-5-6-7-8-12-20-15(16(17)18-4-2)13-14-10-9-11-19-14/h9-11,15H,3-8,12-13H2,1-2H3. The molecule has 3 nitrogen and oxygen atoms in total. The molecule has 0 aliphatic carbocycles. The average Bonchev–Trinajstić information content (AvgIpc) is 2.94. The van der Waals surface area contributed by atoms with Crippen molar-refractivity contribution in [2.45, 2.75) is 57.6 Å². The van der Waals surface area contributed by atoms with E-state index in [2.05, 4.69) is 6.92 Å². The highest BCUT2D eigenvalue weighted by Gasteiger charge is 2.21. The van der Waals surface area contributed by atoms with Crippen LogP contribution in [0.4, 0.5) is 0 Å². The molecule has 1 aromatic heterocycles. The molecule has 20 heavy (non-hydrogen) atoms. The first-order valence-corrected chi connectivity index (χ1v) is 8.63. The number of rotatable bonds is 11. The van der Waals surface area contributed by atoms with Gasteiger partial charge in [0.15, 0.2) is 0 Å². The predicted octanol–water partition coefficient (Wildman–Crippen LogP) is 4.46. The number of carbonyl (C=O) groups excluding carboxylic acids is 1. The van der Waals surface area contributed by atoms with E-state index in [0.29, 0.717) is 13.0 Å². The van der Waals surface area contributed by atoms with Crippen molar-refractivity contribution in [1.29, 1.82) is 0 Å². The highest BCUT2D eigenvalue weighted by Crippen LogP contribution is 2.20. The Kier molecular flexibility index (Phi) is 9.29. The molecular formula is C16H26O3S. The Hall–Kier alpha value is -0.900. The Balaban J connectivity index is 2.32. The van der Waals surface area contributed by atoms with Crippen LogP contribution in [-0.2, 0) is 16.0 Å². The first kappa shape index (κ1) is 17.2. The first-order chi connectivity index (χ1) is 9.77. The molecule has 1 heterocycles. The van der Waals surface area contributed by atoms with Crippen LogP contribution in [0.25, 0.3) is 0 Å². The van der Waals surface area contributed by atoms with Crippen LogP contribution in [-0.4, -0.2) is 23.6 Å². The highest BCUT2D eigenvalue weighted by atomic mass is 32.2. The van der Waals surface area contributed by atoms with E-state index < -0.39 is 0 Å². The molecule has 4 heteroatoms. The quantitative estimate of drug-likeness (QED) is 0.447. The van der Waals surface area contributed by atoms with Gasteiger partial charge in [-0.25, -0.2) is 0 Å². The van der Waals surface area contributed by atoms with E-state index in [1.54, 1.807) is 18.0 Å². The summed E-state index contributed by atoms with van der Waals surface area (Å²) in [5.74, 6) is 1.73. The lowest BCUT2D eigenvalue weighted by molar-refractivity contribution is -0.142. The third-order valence-corrected chi connectivity index (χ3v) is 4.37. The fourth-order valence-corrected chi connectivity index (χ4v) is 3.13. The third-order valence-electron chi connectivity index (χ3n) is 3.08. The zero-order valence-corrected chi connectivity index (χ0v) is 13.4. The SMILES string of the molecule is CCCCCCCSC(Cc1ccco1)C(=O)OCC. The maximum Gasteiger partial charge on any atom is 0.319 e. The second-order valence-corrected chi connectivity index (χ2v) is 6.12. The Labute approximate surface area is 126 Å². The molecule has 0 aliphatic heterocycles. The Morgan fingerprint density at radius 1 is 1.30 bits per heavy atom. The van der Waals surface area contributed by atoms with Gasteiger partial charge >= 0.3 is 5.97 Å². The summed E-state index contributed by atoms with van der Waals surface area (Å²) in [4.78, 5) is 12.0. The summed E-state index contributed by atoms with van der Waals surface area (Å²) in [6.45, 7) is 4.50. The number of hydrogen-bond acceptors (Lipinski definition) is 4. The van der Waals surface area contributed by atoms with Crippen molar-refractivity contribution in [1.82, 2.24) is 0 Å². The largest absolute Gasteiger partial charge is 0.469 e. The van der Waals surface area contributed by atoms with Crippen molar-refractivity contribution in [3.05, 3.63) is 24.2 Å². The maximum atomic E-state index is 12.0. The first-order valence-electron chi connectivity index (χ1n) is 7.58. The molecule has 114 valence electrons. The van der Waals surface area contributed by atoms with Gasteiger partial charge in [-0.05, 0) is 31.2 Å². The van der Waals surface area contributed by atoms with Gasteiger partial charge in [-0.15, -0.1) is 11.8 Å². The van der Waals surface area contributed by atoms with Crippen LogP contribution in [0.2, 0.25) is 0 Å². The summed E-state index contributed by atoms with van der Waals surface area (Å²) in [5, 5.41) is -0.146. The fourth-order valence-electron chi connectivity index (χ4n) is 1.99. The third kappa shape index (κ3) is 7.04. The van der Waals surface area contributed by atoms with Gasteiger partial charge in [0.25, 0.3) is 0 Å². The van der Waals surface area contributed by atoms with Crippen LogP contribution in [0.5, 0.6) is 0 Å². The molecule has 0 bridgehead atoms. The van der Waals surface area contributed by atoms with Gasteiger partial charge in [0.05, 0.1) is 12.9 Å². The Morgan fingerprint density at radius 3 is 2.75 bits per heavy atom. The zero-order chi connectivity index (χ0) is 14.6. The summed E-state index contributed by atoms with van der Waals surface area (Å²) in [6.07, 6.45) is 8.53. The molecule has 0 fully saturated rings. The van der Waals surface area contributed by atoms with E-state index in [9.17, 15) is 4.79 Å². The molecule has 1 rings (SSSR count). The normalized spacial score (nSPS) is 12.3. The van der Waals surface area contributed by atoms with E-state index in [-0.39, 0.29) is 11.2 Å². The van der Waals surface area contributed by atoms with Gasteiger partial charge in [-0.1, -0.05) is 32.6 Å². The zero-order valence-electron chi connectivity index (χ0n) is 12.6. The molecule has 1 aromatic rings. The number of unbranched alkanes of at least 4 members (excludes halogenated alkanes) is 4. The van der Waals surface area contributed by atoms with E-state index >= 15 is 0 Å². The molecule has 0 spiro atoms. The summed E-state index contributed by atoms with van der Waals surface area (Å²) < 4.78 is 10.5. The van der Waals surface area contributed by atoms with Gasteiger partial charge in [0, 0.05) is 6.42 Å². The van der Waals surface area contributed by atoms with Crippen molar-refractivity contribution in [2.24, 2.45) is 0 Å². The molecule has 0 N–H and O–H groups in total. The molecular weight excluding hydrogens is 272 g/mol. The van der Waals surface area contributed by atoms with Crippen LogP contribution in [0.1, 0.15) is 51.7 Å². The van der Waals surface area contributed by atoms with Crippen LogP contribution in [0.3, 0.4) is 0 Å². The Bertz CT molecular complexity index is 349. The number of hydrogen-bond donors (Lipinski definition) is 0. The van der Waals surface area contributed by atoms with Crippen LogP contribution in [0, 0.1) is 0 Å². The summed E-state index contributed by atoms with van der Waals surface area (Å²) >= 11 is 1.69. The number of furan rings is 1. The molecule has 0 radical (unpaired) electrons. The summed E-state index contributed by atoms with van der Waals surface area (Å²) in [6, 6.07) is 3.76. The molecule has 0 saturated heterocycles. The van der Waals surface area contributed by atoms with Crippen LogP contribution in [0.15, 0.2) is 22.8 Å². The molecule has 0 aromatic carbocycles. The van der Waals surface area contributed by atoms with Crippen molar-refractivity contribution in [3.8, 4) is 0 Å². The van der Waals surface area contributed by atoms with E-state index in [1.807, 2.05) is 19.1 Å². The van der Waals surface area contributed by atoms with Gasteiger partial charge in [-0.2, -0.15) is 0 Å². The highest BCUT2D eigenvalue weighted by molar-refractivity contribution is 8.00. The summed E-state index contributed by atoms with van der Waals surface area (Å²) in [5.41, 5.74) is 0. The Morgan fingerprint density at radius 2 is 2.10 bits per heavy atom. The molecule has 0 aliphatic rings. The monoisotopic (exact) mass is 298 g/mol. The lowest BCUT2D eigenvalue weighted by Crippen LogP contribution is -2.23. The lowest BCUT2D eigenvalue weighted by Gasteiger charge is -2.14. The predicted molar refractivity (Wildman–Crippen MR) is 84.1 cm³/mol. The van der Waals surface area contributed by atoms with Gasteiger partial charge in [0.2, 0.25) is 0 Å². The second kappa shape index (κ2) is 10.8. The molecule has 1 unspecified atom stereocenters. The number of esters is 1. The van der Waals surface area contributed by atoms with Gasteiger partial charge in [0.1, 0.15) is 11.0 Å². The summed E-state index contributed by atoms with van der Waals surface area (Å²) in [7, 11) is 0. The second-order valence-electron chi connectivity index (χ2n) is 4.81. The maximum absolute atomic E-state index is 12.0. The number of thioether (sulfide) groups is 1. The molecule has 1 atom stereocenters. The molecule has 0 amide bonds. The van der Waals surface area contributed by atoms with Crippen molar-refractivity contribution >= 4 is 17.7 Å². The number of ether oxygens (including phenoxy) is 1. The topological polar surface area (TPSA) is 39.4 Å². The van der Waals surface area contributed by atoms with Crippen LogP contribution >= 0.6 is 11.8 Å². The average molecular weight is 298 g/mol. The minimum Gasteiger partial charge on any atom is -0.469 e. The minimum absolute atomic E-state index is 0.123. The van der Waals surface area contributed by atoms with Crippen molar-refractivity contribution in [3.63, 3.8) is 0 Å². The number of carbonyl (C=O) groups is 1. The van der Waals surface area contributed by atoms with E-state index in [4.69, 9.17) is 9.15 Å².